The van der Waals surface area contributed by atoms with Crippen LogP contribution in [0.1, 0.15) is 11.1 Å². The van der Waals surface area contributed by atoms with Gasteiger partial charge < -0.3 is 24.3 Å². The molecule has 156 valence electrons. The van der Waals surface area contributed by atoms with Crippen LogP contribution in [0.2, 0.25) is 0 Å². The van der Waals surface area contributed by atoms with E-state index < -0.39 is 0 Å². The van der Waals surface area contributed by atoms with Crippen molar-refractivity contribution in [1.82, 2.24) is 4.98 Å². The molecule has 0 aliphatic rings. The number of rotatable bonds is 7. The van der Waals surface area contributed by atoms with Crippen molar-refractivity contribution in [3.8, 4) is 23.0 Å². The standard InChI is InChI=1S/C23H24N2O4S/c1-13-6-7-15-19(10-13)30-23(25-15)24-12-14-11-18(28-4)20-16(26-2)8-9-17(27-3)21(20)22(14)29-5/h6-11H,12H2,1-5H3,(H,24,25). The molecule has 4 rings (SSSR count). The summed E-state index contributed by atoms with van der Waals surface area (Å²) in [4.78, 5) is 4.68. The Morgan fingerprint density at radius 2 is 1.53 bits per heavy atom. The molecular weight excluding hydrogens is 400 g/mol. The monoisotopic (exact) mass is 424 g/mol. The lowest BCUT2D eigenvalue weighted by Gasteiger charge is -2.19. The fourth-order valence-corrected chi connectivity index (χ4v) is 4.59. The van der Waals surface area contributed by atoms with Gasteiger partial charge in [-0.05, 0) is 42.8 Å². The summed E-state index contributed by atoms with van der Waals surface area (Å²) in [6.07, 6.45) is 0. The summed E-state index contributed by atoms with van der Waals surface area (Å²) in [6, 6.07) is 12.0. The van der Waals surface area contributed by atoms with Crippen LogP contribution in [0.4, 0.5) is 5.13 Å². The summed E-state index contributed by atoms with van der Waals surface area (Å²) in [5, 5.41) is 5.91. The summed E-state index contributed by atoms with van der Waals surface area (Å²) < 4.78 is 23.8. The molecule has 0 aliphatic carbocycles. The van der Waals surface area contributed by atoms with Gasteiger partial charge in [0.2, 0.25) is 0 Å². The maximum atomic E-state index is 5.82. The molecule has 1 heterocycles. The Kier molecular flexibility index (Phi) is 5.55. The van der Waals surface area contributed by atoms with Crippen molar-refractivity contribution >= 4 is 37.5 Å². The Bertz CT molecular complexity index is 1220. The number of aromatic nitrogens is 1. The van der Waals surface area contributed by atoms with E-state index in [0.717, 1.165) is 31.7 Å². The first-order valence-corrected chi connectivity index (χ1v) is 10.3. The van der Waals surface area contributed by atoms with Crippen molar-refractivity contribution in [1.29, 1.82) is 0 Å². The van der Waals surface area contributed by atoms with Gasteiger partial charge in [0.1, 0.15) is 23.0 Å². The van der Waals surface area contributed by atoms with E-state index in [0.29, 0.717) is 29.5 Å². The molecule has 3 aromatic carbocycles. The molecule has 0 unspecified atom stereocenters. The molecule has 30 heavy (non-hydrogen) atoms. The molecule has 0 saturated heterocycles. The van der Waals surface area contributed by atoms with E-state index in [-0.39, 0.29) is 0 Å². The molecule has 0 bridgehead atoms. The van der Waals surface area contributed by atoms with E-state index in [4.69, 9.17) is 18.9 Å². The van der Waals surface area contributed by atoms with Crippen LogP contribution in [0, 0.1) is 6.92 Å². The normalized spacial score (nSPS) is 11.0. The zero-order valence-electron chi connectivity index (χ0n) is 17.7. The molecule has 0 atom stereocenters. The number of ether oxygens (including phenoxy) is 4. The number of hydrogen-bond donors (Lipinski definition) is 1. The number of nitrogens with one attached hydrogen (secondary N) is 1. The van der Waals surface area contributed by atoms with Gasteiger partial charge in [-0.3, -0.25) is 0 Å². The van der Waals surface area contributed by atoms with Gasteiger partial charge in [-0.15, -0.1) is 0 Å². The van der Waals surface area contributed by atoms with Gasteiger partial charge in [0, 0.05) is 12.1 Å². The van der Waals surface area contributed by atoms with Crippen LogP contribution in [0.25, 0.3) is 21.0 Å². The maximum absolute atomic E-state index is 5.82. The molecule has 6 nitrogen and oxygen atoms in total. The van der Waals surface area contributed by atoms with E-state index >= 15 is 0 Å². The lowest BCUT2D eigenvalue weighted by Crippen LogP contribution is -2.04. The highest BCUT2D eigenvalue weighted by Crippen LogP contribution is 2.46. The van der Waals surface area contributed by atoms with Crippen molar-refractivity contribution < 1.29 is 18.9 Å². The van der Waals surface area contributed by atoms with Crippen molar-refractivity contribution in [3.05, 3.63) is 47.5 Å². The largest absolute Gasteiger partial charge is 0.496 e. The highest BCUT2D eigenvalue weighted by Gasteiger charge is 2.21. The molecule has 0 amide bonds. The molecule has 0 fully saturated rings. The van der Waals surface area contributed by atoms with E-state index in [1.54, 1.807) is 39.8 Å². The van der Waals surface area contributed by atoms with Crippen LogP contribution < -0.4 is 24.3 Å². The molecule has 1 aromatic heterocycles. The van der Waals surface area contributed by atoms with Crippen LogP contribution in [0.5, 0.6) is 23.0 Å². The zero-order chi connectivity index (χ0) is 21.3. The third-order valence-electron chi connectivity index (χ3n) is 5.04. The fraction of sp³-hybridized carbons (Fsp3) is 0.261. The number of fused-ring (bicyclic) bond motifs is 2. The number of anilines is 1. The number of nitrogens with zero attached hydrogens (tertiary/aromatic N) is 1. The summed E-state index contributed by atoms with van der Waals surface area (Å²) in [7, 11) is 6.58. The van der Waals surface area contributed by atoms with E-state index in [1.165, 1.54) is 5.56 Å². The van der Waals surface area contributed by atoms with E-state index in [9.17, 15) is 0 Å². The van der Waals surface area contributed by atoms with Gasteiger partial charge in [-0.1, -0.05) is 17.4 Å². The second kappa shape index (κ2) is 8.28. The average Bonchev–Trinajstić information content (AvgIpc) is 3.17. The lowest BCUT2D eigenvalue weighted by molar-refractivity contribution is 0.390. The van der Waals surface area contributed by atoms with E-state index in [2.05, 4.69) is 29.4 Å². The highest BCUT2D eigenvalue weighted by molar-refractivity contribution is 7.22. The van der Waals surface area contributed by atoms with Gasteiger partial charge in [0.05, 0.1) is 49.4 Å². The summed E-state index contributed by atoms with van der Waals surface area (Å²) in [5.74, 6) is 2.80. The van der Waals surface area contributed by atoms with Crippen molar-refractivity contribution in [3.63, 3.8) is 0 Å². The second-order valence-corrected chi connectivity index (χ2v) is 7.87. The Balaban J connectivity index is 1.79. The van der Waals surface area contributed by atoms with Crippen LogP contribution in [-0.4, -0.2) is 33.4 Å². The molecule has 0 spiro atoms. The minimum atomic E-state index is 0.522. The van der Waals surface area contributed by atoms with Gasteiger partial charge in [0.25, 0.3) is 0 Å². The van der Waals surface area contributed by atoms with Crippen LogP contribution >= 0.6 is 11.3 Å². The van der Waals surface area contributed by atoms with Gasteiger partial charge in [-0.2, -0.15) is 0 Å². The molecule has 4 aromatic rings. The Hall–Kier alpha value is -3.19. The minimum Gasteiger partial charge on any atom is -0.496 e. The van der Waals surface area contributed by atoms with Crippen molar-refractivity contribution in [2.24, 2.45) is 0 Å². The topological polar surface area (TPSA) is 61.8 Å². The van der Waals surface area contributed by atoms with Gasteiger partial charge in [-0.25, -0.2) is 4.98 Å². The summed E-state index contributed by atoms with van der Waals surface area (Å²) in [6.45, 7) is 2.61. The maximum Gasteiger partial charge on any atom is 0.184 e. The predicted octanol–water partition coefficient (Wildman–Crippen LogP) is 5.40. The molecule has 1 N–H and O–H groups in total. The first-order chi connectivity index (χ1) is 14.6. The second-order valence-electron chi connectivity index (χ2n) is 6.84. The smallest absolute Gasteiger partial charge is 0.184 e. The number of aryl methyl sites for hydroxylation is 1. The van der Waals surface area contributed by atoms with E-state index in [1.807, 2.05) is 24.3 Å². The molecular formula is C23H24N2O4S. The first-order valence-electron chi connectivity index (χ1n) is 9.49. The number of methoxy groups -OCH3 is 4. The number of hydrogen-bond acceptors (Lipinski definition) is 7. The van der Waals surface area contributed by atoms with Gasteiger partial charge in [0.15, 0.2) is 5.13 Å². The minimum absolute atomic E-state index is 0.522. The quantitative estimate of drug-likeness (QED) is 0.428. The molecule has 0 radical (unpaired) electrons. The summed E-state index contributed by atoms with van der Waals surface area (Å²) in [5.41, 5.74) is 3.14. The summed E-state index contributed by atoms with van der Waals surface area (Å²) >= 11 is 1.63. The number of thiazole rings is 1. The van der Waals surface area contributed by atoms with Crippen molar-refractivity contribution in [2.45, 2.75) is 13.5 Å². The molecule has 7 heteroatoms. The van der Waals surface area contributed by atoms with Crippen LogP contribution in [-0.2, 0) is 6.54 Å². The SMILES string of the molecule is COc1ccc(OC)c2c(OC)c(CNc3nc4ccc(C)cc4s3)cc(OC)c12. The zero-order valence-corrected chi connectivity index (χ0v) is 18.5. The highest BCUT2D eigenvalue weighted by atomic mass is 32.1. The van der Waals surface area contributed by atoms with Crippen LogP contribution in [0.3, 0.4) is 0 Å². The fourth-order valence-electron chi connectivity index (χ4n) is 3.63. The first kappa shape index (κ1) is 20.1. The Morgan fingerprint density at radius 3 is 2.20 bits per heavy atom. The lowest BCUT2D eigenvalue weighted by atomic mass is 10.0. The third kappa shape index (κ3) is 3.45. The number of benzene rings is 3. The van der Waals surface area contributed by atoms with Crippen LogP contribution in [0.15, 0.2) is 36.4 Å². The predicted molar refractivity (Wildman–Crippen MR) is 122 cm³/mol. The Labute approximate surface area is 179 Å². The molecule has 0 aliphatic heterocycles. The Morgan fingerprint density at radius 1 is 0.833 bits per heavy atom. The van der Waals surface area contributed by atoms with Crippen molar-refractivity contribution in [2.75, 3.05) is 33.8 Å². The average molecular weight is 425 g/mol. The molecule has 0 saturated carbocycles. The third-order valence-corrected chi connectivity index (χ3v) is 6.01. The van der Waals surface area contributed by atoms with Gasteiger partial charge >= 0.3 is 0 Å².